The Bertz CT molecular complexity index is 1150. The van der Waals surface area contributed by atoms with Crippen molar-refractivity contribution in [2.45, 2.75) is 138 Å². The minimum Gasteiger partial charge on any atom is -0.444 e. The predicted molar refractivity (Wildman–Crippen MR) is 153 cm³/mol. The van der Waals surface area contributed by atoms with Gasteiger partial charge < -0.3 is 25.2 Å². The van der Waals surface area contributed by atoms with Crippen LogP contribution in [0.25, 0.3) is 0 Å². The summed E-state index contributed by atoms with van der Waals surface area (Å²) in [5, 5.41) is 6.46. The average molecular weight is 569 g/mol. The maximum Gasteiger partial charge on any atom is 0.408 e. The van der Waals surface area contributed by atoms with Crippen LogP contribution in [-0.2, 0) is 14.3 Å². The summed E-state index contributed by atoms with van der Waals surface area (Å²) in [6, 6.07) is 9.26. The number of alkyl halides is 1. The van der Waals surface area contributed by atoms with Gasteiger partial charge in [0.15, 0.2) is 0 Å². The first-order valence-electron chi connectivity index (χ1n) is 15.6. The highest BCUT2D eigenvalue weighted by molar-refractivity contribution is 5.93. The number of carbonyl (C=O) groups is 3. The largest absolute Gasteiger partial charge is 0.444 e. The van der Waals surface area contributed by atoms with Crippen LogP contribution in [0.5, 0.6) is 0 Å². The number of ether oxygens (including phenoxy) is 1. The lowest BCUT2D eigenvalue weighted by atomic mass is 9.87. The molecule has 3 amide bonds. The monoisotopic (exact) mass is 568 g/mol. The molecule has 0 bridgehead atoms. The fourth-order valence-corrected chi connectivity index (χ4v) is 7.68. The summed E-state index contributed by atoms with van der Waals surface area (Å²) in [5.41, 5.74) is 0.486. The molecule has 6 rings (SSSR count). The third-order valence-corrected chi connectivity index (χ3v) is 9.91. The van der Waals surface area contributed by atoms with Gasteiger partial charge in [-0.25, -0.2) is 9.18 Å². The second kappa shape index (κ2) is 10.9. The van der Waals surface area contributed by atoms with Gasteiger partial charge in [-0.05, 0) is 90.5 Å². The van der Waals surface area contributed by atoms with Gasteiger partial charge in [-0.15, -0.1) is 0 Å². The number of hydrogen-bond donors (Lipinski definition) is 2. The Kier molecular flexibility index (Phi) is 7.54. The normalized spacial score (nSPS) is 34.4. The molecule has 1 spiro atoms. The molecule has 9 heteroatoms. The molecule has 0 radical (unpaired) electrons. The Balaban J connectivity index is 1.22. The van der Waals surface area contributed by atoms with Crippen LogP contribution in [-0.4, -0.2) is 81.8 Å². The predicted octanol–water partition coefficient (Wildman–Crippen LogP) is 4.43. The smallest absolute Gasteiger partial charge is 0.408 e. The number of nitrogens with one attached hydrogen (secondary N) is 2. The van der Waals surface area contributed by atoms with Crippen LogP contribution in [0.3, 0.4) is 0 Å². The van der Waals surface area contributed by atoms with E-state index in [1.54, 1.807) is 20.8 Å². The zero-order chi connectivity index (χ0) is 28.9. The fourth-order valence-electron chi connectivity index (χ4n) is 7.68. The first kappa shape index (κ1) is 28.4. The number of halogens is 1. The number of nitrogens with zero attached hydrogens (tertiary/aromatic N) is 2. The van der Waals surface area contributed by atoms with Gasteiger partial charge in [0.1, 0.15) is 23.9 Å². The molecule has 224 valence electrons. The van der Waals surface area contributed by atoms with Crippen molar-refractivity contribution in [1.82, 2.24) is 20.4 Å². The molecule has 5 fully saturated rings. The minimum atomic E-state index is -0.772. The SMILES string of the molecule is CC(C)(C)OC(=O)N[C@H]1CC[C@H](NC2CC(F)C2)C[C@H]2CC[C@@H](C(=O)N3C[C@@H](c4ccccc4)CC34CC4)N2C1=O. The number of alkyl carbamates (subject to hydrolysis) is 1. The van der Waals surface area contributed by atoms with Crippen molar-refractivity contribution >= 4 is 17.9 Å². The first-order chi connectivity index (χ1) is 19.5. The van der Waals surface area contributed by atoms with Crippen molar-refractivity contribution in [3.8, 4) is 0 Å². The molecule has 2 aliphatic carbocycles. The summed E-state index contributed by atoms with van der Waals surface area (Å²) in [4.78, 5) is 45.1. The van der Waals surface area contributed by atoms with Crippen molar-refractivity contribution in [2.75, 3.05) is 6.54 Å². The topological polar surface area (TPSA) is 91.0 Å². The molecule has 41 heavy (non-hydrogen) atoms. The van der Waals surface area contributed by atoms with E-state index >= 15 is 0 Å². The molecule has 1 aromatic rings. The van der Waals surface area contributed by atoms with E-state index in [1.807, 2.05) is 11.0 Å². The van der Waals surface area contributed by atoms with Crippen molar-refractivity contribution in [3.05, 3.63) is 35.9 Å². The molecule has 3 aliphatic heterocycles. The Labute approximate surface area is 242 Å². The van der Waals surface area contributed by atoms with Crippen molar-refractivity contribution in [2.24, 2.45) is 0 Å². The van der Waals surface area contributed by atoms with E-state index in [0.717, 1.165) is 32.1 Å². The summed E-state index contributed by atoms with van der Waals surface area (Å²) in [6.07, 6.45) is 5.90. The third-order valence-electron chi connectivity index (χ3n) is 9.91. The quantitative estimate of drug-likeness (QED) is 0.549. The second-order valence-corrected chi connectivity index (χ2v) is 14.1. The molecule has 5 atom stereocenters. The molecule has 2 saturated carbocycles. The molecule has 1 aromatic carbocycles. The van der Waals surface area contributed by atoms with Gasteiger partial charge in [0.25, 0.3) is 0 Å². The molecule has 3 heterocycles. The molecular weight excluding hydrogens is 523 g/mol. The van der Waals surface area contributed by atoms with Gasteiger partial charge in [-0.3, -0.25) is 9.59 Å². The summed E-state index contributed by atoms with van der Waals surface area (Å²) in [6.45, 7) is 6.06. The maximum absolute atomic E-state index is 14.3. The molecule has 0 aromatic heterocycles. The van der Waals surface area contributed by atoms with Crippen LogP contribution in [0.4, 0.5) is 9.18 Å². The number of rotatable bonds is 5. The van der Waals surface area contributed by atoms with E-state index in [9.17, 15) is 18.8 Å². The van der Waals surface area contributed by atoms with E-state index in [2.05, 4.69) is 39.8 Å². The van der Waals surface area contributed by atoms with E-state index in [1.165, 1.54) is 5.56 Å². The number of carbonyl (C=O) groups excluding carboxylic acids is 3. The summed E-state index contributed by atoms with van der Waals surface area (Å²) in [7, 11) is 0. The molecule has 3 saturated heterocycles. The maximum atomic E-state index is 14.3. The van der Waals surface area contributed by atoms with Crippen LogP contribution in [0.2, 0.25) is 0 Å². The van der Waals surface area contributed by atoms with Gasteiger partial charge in [0.05, 0.1) is 0 Å². The van der Waals surface area contributed by atoms with Gasteiger partial charge in [-0.1, -0.05) is 30.3 Å². The van der Waals surface area contributed by atoms with Gasteiger partial charge in [0, 0.05) is 36.1 Å². The number of hydrogen-bond acceptors (Lipinski definition) is 5. The highest BCUT2D eigenvalue weighted by Crippen LogP contribution is 2.54. The zero-order valence-electron chi connectivity index (χ0n) is 24.6. The number of benzene rings is 1. The van der Waals surface area contributed by atoms with E-state index < -0.39 is 29.9 Å². The zero-order valence-corrected chi connectivity index (χ0v) is 24.6. The van der Waals surface area contributed by atoms with Gasteiger partial charge in [-0.2, -0.15) is 0 Å². The fraction of sp³-hybridized carbons (Fsp3) is 0.719. The van der Waals surface area contributed by atoms with Crippen LogP contribution >= 0.6 is 0 Å². The standard InChI is InChI=1S/C32H45FN4O4/c1-31(2,3)41-30(40)35-26-11-9-23(34-24-15-22(33)16-24)17-25-10-12-27(37(25)28(26)38)29(39)36-19-21(18-32(36)13-14-32)20-7-5-4-6-8-20/h4-8,21-27,34H,9-19H2,1-3H3,(H,35,40)/t21-,22?,23-,24?,25+,26-,27-/m0/s1. The van der Waals surface area contributed by atoms with E-state index in [0.29, 0.717) is 44.6 Å². The summed E-state index contributed by atoms with van der Waals surface area (Å²) >= 11 is 0. The minimum absolute atomic E-state index is 0.0529. The van der Waals surface area contributed by atoms with Gasteiger partial charge in [0.2, 0.25) is 11.8 Å². The Morgan fingerprint density at radius 2 is 1.73 bits per heavy atom. The van der Waals surface area contributed by atoms with Crippen LogP contribution < -0.4 is 10.6 Å². The molecule has 2 N–H and O–H groups in total. The van der Waals surface area contributed by atoms with E-state index in [4.69, 9.17) is 4.74 Å². The number of fused-ring (bicyclic) bond motifs is 1. The van der Waals surface area contributed by atoms with Crippen molar-refractivity contribution < 1.29 is 23.5 Å². The van der Waals surface area contributed by atoms with Crippen molar-refractivity contribution in [3.63, 3.8) is 0 Å². The third kappa shape index (κ3) is 5.97. The number of likely N-dealkylation sites (tertiary alicyclic amines) is 1. The van der Waals surface area contributed by atoms with Crippen LogP contribution in [0.15, 0.2) is 30.3 Å². The Hall–Kier alpha value is -2.68. The molecular formula is C32H45FN4O4. The van der Waals surface area contributed by atoms with Crippen LogP contribution in [0.1, 0.15) is 96.5 Å². The van der Waals surface area contributed by atoms with Gasteiger partial charge >= 0.3 is 6.09 Å². The lowest BCUT2D eigenvalue weighted by Crippen LogP contribution is -2.60. The lowest BCUT2D eigenvalue weighted by molar-refractivity contribution is -0.148. The summed E-state index contributed by atoms with van der Waals surface area (Å²) < 4.78 is 19.1. The lowest BCUT2D eigenvalue weighted by Gasteiger charge is -2.41. The van der Waals surface area contributed by atoms with E-state index in [-0.39, 0.29) is 35.5 Å². The number of amides is 3. The summed E-state index contributed by atoms with van der Waals surface area (Å²) in [5.74, 6) is 0.170. The Morgan fingerprint density at radius 1 is 1.00 bits per heavy atom. The average Bonchev–Trinajstić information content (AvgIpc) is 3.39. The second-order valence-electron chi connectivity index (χ2n) is 14.1. The molecule has 8 nitrogen and oxygen atoms in total. The first-order valence-corrected chi connectivity index (χ1v) is 15.6. The van der Waals surface area contributed by atoms with Crippen molar-refractivity contribution in [1.29, 1.82) is 0 Å². The Morgan fingerprint density at radius 3 is 2.39 bits per heavy atom. The van der Waals surface area contributed by atoms with Crippen LogP contribution in [0, 0.1) is 0 Å². The highest BCUT2D eigenvalue weighted by atomic mass is 19.1. The molecule has 5 aliphatic rings. The molecule has 0 unspecified atom stereocenters. The highest BCUT2D eigenvalue weighted by Gasteiger charge is 2.58.